The zero-order chi connectivity index (χ0) is 15.4. The summed E-state index contributed by atoms with van der Waals surface area (Å²) in [7, 11) is 0. The Bertz CT molecular complexity index is 760. The van der Waals surface area contributed by atoms with Crippen LogP contribution in [0.4, 0.5) is 4.39 Å². The van der Waals surface area contributed by atoms with E-state index in [1.807, 2.05) is 24.3 Å². The van der Waals surface area contributed by atoms with Crippen LogP contribution in [0.3, 0.4) is 0 Å². The third-order valence-corrected chi connectivity index (χ3v) is 3.40. The van der Waals surface area contributed by atoms with Crippen LogP contribution in [0, 0.1) is 5.82 Å². The maximum atomic E-state index is 12.9. The molecule has 5 nitrogen and oxygen atoms in total. The monoisotopic (exact) mass is 362 g/mol. The van der Waals surface area contributed by atoms with E-state index in [2.05, 4.69) is 31.3 Å². The Morgan fingerprint density at radius 1 is 1.14 bits per heavy atom. The van der Waals surface area contributed by atoms with Gasteiger partial charge < -0.3 is 4.74 Å². The second-order valence-corrected chi connectivity index (χ2v) is 5.44. The van der Waals surface area contributed by atoms with Gasteiger partial charge >= 0.3 is 0 Å². The predicted octanol–water partition coefficient (Wildman–Crippen LogP) is 3.32. The SMILES string of the molecule is Fc1ccc(-c2nnn(CCOc3cccc(Br)c3)n2)cc1. The number of aromatic nitrogens is 4. The van der Waals surface area contributed by atoms with E-state index in [0.29, 0.717) is 19.0 Å². The zero-order valence-electron chi connectivity index (χ0n) is 11.5. The number of nitrogens with zero attached hydrogens (tertiary/aromatic N) is 4. The van der Waals surface area contributed by atoms with E-state index in [1.165, 1.54) is 16.9 Å². The van der Waals surface area contributed by atoms with Gasteiger partial charge in [-0.2, -0.15) is 4.80 Å². The predicted molar refractivity (Wildman–Crippen MR) is 82.8 cm³/mol. The Balaban J connectivity index is 1.59. The molecule has 7 heteroatoms. The zero-order valence-corrected chi connectivity index (χ0v) is 13.1. The molecule has 0 aliphatic rings. The summed E-state index contributed by atoms with van der Waals surface area (Å²) in [5, 5.41) is 12.2. The highest BCUT2D eigenvalue weighted by Gasteiger charge is 2.06. The maximum absolute atomic E-state index is 12.9. The highest BCUT2D eigenvalue weighted by molar-refractivity contribution is 9.10. The van der Waals surface area contributed by atoms with Crippen LogP contribution in [0.2, 0.25) is 0 Å². The molecule has 0 aliphatic carbocycles. The van der Waals surface area contributed by atoms with Gasteiger partial charge in [-0.3, -0.25) is 0 Å². The number of rotatable bonds is 5. The van der Waals surface area contributed by atoms with Gasteiger partial charge in [0, 0.05) is 10.0 Å². The molecule has 0 bridgehead atoms. The van der Waals surface area contributed by atoms with Crippen LogP contribution in [0.1, 0.15) is 0 Å². The summed E-state index contributed by atoms with van der Waals surface area (Å²) in [6, 6.07) is 13.6. The Kier molecular flexibility index (Phi) is 4.43. The topological polar surface area (TPSA) is 52.8 Å². The van der Waals surface area contributed by atoms with Crippen molar-refractivity contribution >= 4 is 15.9 Å². The van der Waals surface area contributed by atoms with Crippen molar-refractivity contribution in [3.05, 3.63) is 58.8 Å². The molecule has 0 amide bonds. The first kappa shape index (κ1) is 14.6. The van der Waals surface area contributed by atoms with Crippen LogP contribution in [-0.4, -0.2) is 26.8 Å². The summed E-state index contributed by atoms with van der Waals surface area (Å²) in [5.41, 5.74) is 0.723. The van der Waals surface area contributed by atoms with Crippen molar-refractivity contribution in [3.8, 4) is 17.1 Å². The van der Waals surface area contributed by atoms with Crippen molar-refractivity contribution in [3.63, 3.8) is 0 Å². The lowest BCUT2D eigenvalue weighted by atomic mass is 10.2. The molecule has 0 N–H and O–H groups in total. The van der Waals surface area contributed by atoms with Crippen LogP contribution in [-0.2, 0) is 6.54 Å². The van der Waals surface area contributed by atoms with Crippen molar-refractivity contribution < 1.29 is 9.13 Å². The number of benzene rings is 2. The minimum absolute atomic E-state index is 0.293. The largest absolute Gasteiger partial charge is 0.492 e. The van der Waals surface area contributed by atoms with Gasteiger partial charge in [0.25, 0.3) is 0 Å². The highest BCUT2D eigenvalue weighted by atomic mass is 79.9. The minimum atomic E-state index is -0.293. The van der Waals surface area contributed by atoms with E-state index < -0.39 is 0 Å². The van der Waals surface area contributed by atoms with Crippen LogP contribution in [0.5, 0.6) is 5.75 Å². The van der Waals surface area contributed by atoms with Gasteiger partial charge in [-0.15, -0.1) is 10.2 Å². The minimum Gasteiger partial charge on any atom is -0.492 e. The molecule has 1 heterocycles. The molecular weight excluding hydrogens is 351 g/mol. The van der Waals surface area contributed by atoms with Gasteiger partial charge in [0.15, 0.2) is 0 Å². The van der Waals surface area contributed by atoms with Gasteiger partial charge in [0.05, 0.1) is 6.54 Å². The smallest absolute Gasteiger partial charge is 0.204 e. The Morgan fingerprint density at radius 2 is 1.95 bits per heavy atom. The molecule has 0 unspecified atom stereocenters. The summed E-state index contributed by atoms with van der Waals surface area (Å²) < 4.78 is 19.5. The molecule has 0 radical (unpaired) electrons. The summed E-state index contributed by atoms with van der Waals surface area (Å²) in [5.74, 6) is 0.939. The van der Waals surface area contributed by atoms with E-state index >= 15 is 0 Å². The second kappa shape index (κ2) is 6.65. The molecule has 2 aromatic carbocycles. The van der Waals surface area contributed by atoms with E-state index in [0.717, 1.165) is 15.8 Å². The van der Waals surface area contributed by atoms with E-state index in [9.17, 15) is 4.39 Å². The van der Waals surface area contributed by atoms with E-state index in [1.54, 1.807) is 12.1 Å². The van der Waals surface area contributed by atoms with Crippen molar-refractivity contribution in [2.45, 2.75) is 6.54 Å². The standard InChI is InChI=1S/C15H12BrFN4O/c16-12-2-1-3-14(10-12)22-9-8-21-19-15(18-20-21)11-4-6-13(17)7-5-11/h1-7,10H,8-9H2. The number of tetrazole rings is 1. The lowest BCUT2D eigenvalue weighted by molar-refractivity contribution is 0.280. The molecule has 0 aliphatic heterocycles. The molecule has 0 atom stereocenters. The molecule has 0 saturated heterocycles. The van der Waals surface area contributed by atoms with Crippen molar-refractivity contribution in [2.75, 3.05) is 6.61 Å². The molecule has 3 aromatic rings. The van der Waals surface area contributed by atoms with Crippen molar-refractivity contribution in [2.24, 2.45) is 0 Å². The molecular formula is C15H12BrFN4O. The van der Waals surface area contributed by atoms with Gasteiger partial charge in [-0.1, -0.05) is 22.0 Å². The van der Waals surface area contributed by atoms with E-state index in [4.69, 9.17) is 4.74 Å². The van der Waals surface area contributed by atoms with Gasteiger partial charge in [0.1, 0.15) is 18.2 Å². The third kappa shape index (κ3) is 3.67. The quantitative estimate of drug-likeness (QED) is 0.698. The van der Waals surface area contributed by atoms with E-state index in [-0.39, 0.29) is 5.82 Å². The molecule has 3 rings (SSSR count). The highest BCUT2D eigenvalue weighted by Crippen LogP contribution is 2.17. The number of halogens is 2. The number of hydrogen-bond acceptors (Lipinski definition) is 4. The first-order valence-corrected chi connectivity index (χ1v) is 7.42. The first-order chi connectivity index (χ1) is 10.7. The second-order valence-electron chi connectivity index (χ2n) is 4.52. The number of ether oxygens (including phenoxy) is 1. The average Bonchev–Trinajstić information content (AvgIpc) is 2.97. The average molecular weight is 363 g/mol. The summed E-state index contributed by atoms with van der Waals surface area (Å²) in [6.45, 7) is 0.899. The van der Waals surface area contributed by atoms with Gasteiger partial charge in [0.2, 0.25) is 5.82 Å². The lowest BCUT2D eigenvalue weighted by Gasteiger charge is -2.05. The Morgan fingerprint density at radius 3 is 2.73 bits per heavy atom. The fourth-order valence-corrected chi connectivity index (χ4v) is 2.23. The third-order valence-electron chi connectivity index (χ3n) is 2.91. The normalized spacial score (nSPS) is 10.6. The fourth-order valence-electron chi connectivity index (χ4n) is 1.85. The first-order valence-electron chi connectivity index (χ1n) is 6.63. The molecule has 22 heavy (non-hydrogen) atoms. The lowest BCUT2D eigenvalue weighted by Crippen LogP contribution is -2.11. The summed E-state index contributed by atoms with van der Waals surface area (Å²) >= 11 is 3.39. The van der Waals surface area contributed by atoms with Crippen LogP contribution >= 0.6 is 15.9 Å². The Labute approximate surface area is 134 Å². The molecule has 0 spiro atoms. The van der Waals surface area contributed by atoms with Crippen LogP contribution < -0.4 is 4.74 Å². The molecule has 112 valence electrons. The van der Waals surface area contributed by atoms with Crippen molar-refractivity contribution in [1.82, 2.24) is 20.2 Å². The maximum Gasteiger partial charge on any atom is 0.204 e. The number of hydrogen-bond donors (Lipinski definition) is 0. The molecule has 0 saturated carbocycles. The molecule has 1 aromatic heterocycles. The fraction of sp³-hybridized carbons (Fsp3) is 0.133. The van der Waals surface area contributed by atoms with Crippen LogP contribution in [0.15, 0.2) is 53.0 Å². The Hall–Kier alpha value is -2.28. The van der Waals surface area contributed by atoms with Gasteiger partial charge in [-0.25, -0.2) is 4.39 Å². The van der Waals surface area contributed by atoms with Crippen LogP contribution in [0.25, 0.3) is 11.4 Å². The molecule has 0 fully saturated rings. The summed E-state index contributed by atoms with van der Waals surface area (Å²) in [4.78, 5) is 1.46. The summed E-state index contributed by atoms with van der Waals surface area (Å²) in [6.07, 6.45) is 0. The van der Waals surface area contributed by atoms with Crippen molar-refractivity contribution in [1.29, 1.82) is 0 Å². The van der Waals surface area contributed by atoms with Gasteiger partial charge in [-0.05, 0) is 47.7 Å².